The van der Waals surface area contributed by atoms with Gasteiger partial charge in [-0.2, -0.15) is 10.2 Å². The molecule has 0 unspecified atom stereocenters. The van der Waals surface area contributed by atoms with Crippen LogP contribution in [0.15, 0.2) is 30.7 Å². The van der Waals surface area contributed by atoms with Gasteiger partial charge in [-0.05, 0) is 25.1 Å². The third kappa shape index (κ3) is 1.71. The van der Waals surface area contributed by atoms with E-state index in [1.807, 2.05) is 40.7 Å². The highest BCUT2D eigenvalue weighted by molar-refractivity contribution is 5.81. The van der Waals surface area contributed by atoms with Crippen LogP contribution in [-0.4, -0.2) is 24.5 Å². The van der Waals surface area contributed by atoms with Crippen LogP contribution < -0.4 is 5.73 Å². The second kappa shape index (κ2) is 4.14. The number of anilines is 1. The average Bonchev–Trinajstić information content (AvgIpc) is 2.97. The molecule has 0 aliphatic heterocycles. The minimum Gasteiger partial charge on any atom is -0.399 e. The molecule has 0 spiro atoms. The zero-order chi connectivity index (χ0) is 12.5. The van der Waals surface area contributed by atoms with E-state index >= 15 is 0 Å². The molecule has 3 aromatic rings. The minimum atomic E-state index is 0.598. The number of nitrogens with zero attached hydrogens (tertiary/aromatic N) is 5. The third-order valence-corrected chi connectivity index (χ3v) is 2.96. The van der Waals surface area contributed by atoms with Crippen molar-refractivity contribution in [2.75, 3.05) is 5.73 Å². The second-order valence-corrected chi connectivity index (χ2v) is 4.11. The number of hydrogen-bond acceptors (Lipinski definition) is 4. The molecule has 0 atom stereocenters. The maximum atomic E-state index is 5.81. The zero-order valence-electron chi connectivity index (χ0n) is 10.1. The lowest BCUT2D eigenvalue weighted by atomic mass is 10.2. The predicted octanol–water partition coefficient (Wildman–Crippen LogP) is 1.28. The lowest BCUT2D eigenvalue weighted by molar-refractivity contribution is 0.576. The molecule has 0 aliphatic rings. The van der Waals surface area contributed by atoms with Crippen molar-refractivity contribution in [2.45, 2.75) is 20.0 Å². The van der Waals surface area contributed by atoms with Crippen LogP contribution in [0, 0.1) is 0 Å². The standard InChI is InChI=1S/C12H14N6/c1-2-17-12(14-8-16-17)7-18-11-5-10(13)4-3-9(11)6-15-18/h3-6,8H,2,7,13H2,1H3. The van der Waals surface area contributed by atoms with Crippen molar-refractivity contribution in [3.63, 3.8) is 0 Å². The first kappa shape index (κ1) is 10.8. The molecule has 2 heterocycles. The fourth-order valence-corrected chi connectivity index (χ4v) is 2.02. The topological polar surface area (TPSA) is 74.5 Å². The van der Waals surface area contributed by atoms with Crippen molar-refractivity contribution in [1.29, 1.82) is 0 Å². The Morgan fingerprint density at radius 3 is 2.94 bits per heavy atom. The van der Waals surface area contributed by atoms with Crippen LogP contribution in [0.3, 0.4) is 0 Å². The molecule has 2 aromatic heterocycles. The van der Waals surface area contributed by atoms with E-state index in [9.17, 15) is 0 Å². The van der Waals surface area contributed by atoms with Gasteiger partial charge < -0.3 is 5.73 Å². The quantitative estimate of drug-likeness (QED) is 0.702. The fraction of sp³-hybridized carbons (Fsp3) is 0.250. The molecule has 0 saturated carbocycles. The Balaban J connectivity index is 2.02. The van der Waals surface area contributed by atoms with Gasteiger partial charge in [-0.3, -0.25) is 4.68 Å². The summed E-state index contributed by atoms with van der Waals surface area (Å²) in [7, 11) is 0. The van der Waals surface area contributed by atoms with E-state index in [-0.39, 0.29) is 0 Å². The van der Waals surface area contributed by atoms with Gasteiger partial charge in [0.15, 0.2) is 0 Å². The van der Waals surface area contributed by atoms with Crippen molar-refractivity contribution < 1.29 is 0 Å². The van der Waals surface area contributed by atoms with Gasteiger partial charge in [-0.25, -0.2) is 9.67 Å². The number of aromatic nitrogens is 5. The Bertz CT molecular complexity index is 681. The first-order valence-corrected chi connectivity index (χ1v) is 5.85. The molecule has 18 heavy (non-hydrogen) atoms. The van der Waals surface area contributed by atoms with Gasteiger partial charge in [0.25, 0.3) is 0 Å². The van der Waals surface area contributed by atoms with Crippen molar-refractivity contribution >= 4 is 16.6 Å². The number of rotatable bonds is 3. The summed E-state index contributed by atoms with van der Waals surface area (Å²) in [6, 6.07) is 5.77. The lowest BCUT2D eigenvalue weighted by Gasteiger charge is -2.05. The van der Waals surface area contributed by atoms with Crippen LogP contribution in [0.4, 0.5) is 5.69 Å². The maximum Gasteiger partial charge on any atom is 0.148 e. The first-order valence-electron chi connectivity index (χ1n) is 5.85. The largest absolute Gasteiger partial charge is 0.399 e. The first-order chi connectivity index (χ1) is 8.78. The summed E-state index contributed by atoms with van der Waals surface area (Å²) < 4.78 is 3.75. The fourth-order valence-electron chi connectivity index (χ4n) is 2.02. The molecule has 6 heteroatoms. The highest BCUT2D eigenvalue weighted by atomic mass is 15.4. The van der Waals surface area contributed by atoms with E-state index in [2.05, 4.69) is 15.2 Å². The molecule has 0 aliphatic carbocycles. The van der Waals surface area contributed by atoms with E-state index in [0.717, 1.165) is 29.0 Å². The molecule has 92 valence electrons. The van der Waals surface area contributed by atoms with E-state index in [0.29, 0.717) is 6.54 Å². The molecule has 0 radical (unpaired) electrons. The minimum absolute atomic E-state index is 0.598. The Morgan fingerprint density at radius 2 is 2.11 bits per heavy atom. The number of aryl methyl sites for hydroxylation is 1. The van der Waals surface area contributed by atoms with Gasteiger partial charge in [-0.1, -0.05) is 0 Å². The van der Waals surface area contributed by atoms with Crippen molar-refractivity contribution in [3.05, 3.63) is 36.5 Å². The van der Waals surface area contributed by atoms with Crippen molar-refractivity contribution in [1.82, 2.24) is 24.5 Å². The number of nitrogens with two attached hydrogens (primary N) is 1. The Morgan fingerprint density at radius 1 is 1.22 bits per heavy atom. The third-order valence-electron chi connectivity index (χ3n) is 2.96. The summed E-state index contributed by atoms with van der Waals surface area (Å²) in [5.74, 6) is 0.893. The molecular formula is C12H14N6. The summed E-state index contributed by atoms with van der Waals surface area (Å²) in [6.45, 7) is 3.44. The Labute approximate surface area is 104 Å². The van der Waals surface area contributed by atoms with Crippen LogP contribution >= 0.6 is 0 Å². The molecular weight excluding hydrogens is 228 g/mol. The van der Waals surface area contributed by atoms with Gasteiger partial charge in [0.2, 0.25) is 0 Å². The molecule has 0 fully saturated rings. The Hall–Kier alpha value is -2.37. The summed E-state index contributed by atoms with van der Waals surface area (Å²) in [6.07, 6.45) is 3.40. The van der Waals surface area contributed by atoms with Gasteiger partial charge >= 0.3 is 0 Å². The average molecular weight is 242 g/mol. The van der Waals surface area contributed by atoms with Crippen LogP contribution in [0.5, 0.6) is 0 Å². The summed E-state index contributed by atoms with van der Waals surface area (Å²) in [5, 5.41) is 9.59. The molecule has 2 N–H and O–H groups in total. The highest BCUT2D eigenvalue weighted by Crippen LogP contribution is 2.17. The van der Waals surface area contributed by atoms with E-state index < -0.39 is 0 Å². The highest BCUT2D eigenvalue weighted by Gasteiger charge is 2.07. The Kier molecular flexibility index (Phi) is 2.47. The van der Waals surface area contributed by atoms with Gasteiger partial charge in [0.05, 0.1) is 11.7 Å². The van der Waals surface area contributed by atoms with Crippen molar-refractivity contribution in [2.24, 2.45) is 0 Å². The molecule has 0 amide bonds. The van der Waals surface area contributed by atoms with Gasteiger partial charge in [0.1, 0.15) is 18.7 Å². The number of hydrogen-bond donors (Lipinski definition) is 1. The molecule has 3 rings (SSSR count). The van der Waals surface area contributed by atoms with Crippen LogP contribution in [0.25, 0.3) is 10.9 Å². The molecule has 0 bridgehead atoms. The van der Waals surface area contributed by atoms with Gasteiger partial charge in [0, 0.05) is 17.6 Å². The normalized spacial score (nSPS) is 11.2. The van der Waals surface area contributed by atoms with Crippen LogP contribution in [0.2, 0.25) is 0 Å². The number of fused-ring (bicyclic) bond motifs is 1. The zero-order valence-corrected chi connectivity index (χ0v) is 10.1. The van der Waals surface area contributed by atoms with Gasteiger partial charge in [-0.15, -0.1) is 0 Å². The van der Waals surface area contributed by atoms with Crippen molar-refractivity contribution in [3.8, 4) is 0 Å². The van der Waals surface area contributed by atoms with E-state index in [1.54, 1.807) is 6.33 Å². The number of benzene rings is 1. The van der Waals surface area contributed by atoms with Crippen LogP contribution in [-0.2, 0) is 13.1 Å². The van der Waals surface area contributed by atoms with E-state index in [1.165, 1.54) is 0 Å². The smallest absolute Gasteiger partial charge is 0.148 e. The second-order valence-electron chi connectivity index (χ2n) is 4.11. The number of nitrogen functional groups attached to an aromatic ring is 1. The predicted molar refractivity (Wildman–Crippen MR) is 68.9 cm³/mol. The SMILES string of the molecule is CCn1ncnc1Cn1ncc2ccc(N)cc21. The molecule has 0 saturated heterocycles. The van der Waals surface area contributed by atoms with E-state index in [4.69, 9.17) is 5.73 Å². The van der Waals surface area contributed by atoms with Crippen LogP contribution in [0.1, 0.15) is 12.7 Å². The lowest BCUT2D eigenvalue weighted by Crippen LogP contribution is -2.10. The molecule has 1 aromatic carbocycles. The summed E-state index contributed by atoms with van der Waals surface area (Å²) in [5.41, 5.74) is 7.56. The summed E-state index contributed by atoms with van der Waals surface area (Å²) >= 11 is 0. The summed E-state index contributed by atoms with van der Waals surface area (Å²) in [4.78, 5) is 4.25. The molecule has 6 nitrogen and oxygen atoms in total. The monoisotopic (exact) mass is 242 g/mol. The maximum absolute atomic E-state index is 5.81.